The number of carboxylic acid groups (broad SMARTS) is 1. The Morgan fingerprint density at radius 2 is 2.12 bits per heavy atom. The molecule has 1 unspecified atom stereocenters. The predicted octanol–water partition coefficient (Wildman–Crippen LogP) is 1.27. The number of aliphatic carboxylic acids is 1. The molecule has 3 N–H and O–H groups in total. The second kappa shape index (κ2) is 4.99. The molecule has 0 aliphatic rings. The summed E-state index contributed by atoms with van der Waals surface area (Å²) in [6.45, 7) is 3.90. The van der Waals surface area contributed by atoms with Gasteiger partial charge in [0.1, 0.15) is 11.8 Å². The molecule has 4 nitrogen and oxygen atoms in total. The second-order valence-corrected chi connectivity index (χ2v) is 3.91. The number of methoxy groups -OCH3 is 1. The first-order valence-electron chi connectivity index (χ1n) is 5.08. The third kappa shape index (κ3) is 2.73. The van der Waals surface area contributed by atoms with Crippen molar-refractivity contribution in [3.63, 3.8) is 0 Å². The number of carboxylic acids is 1. The van der Waals surface area contributed by atoms with Crippen LogP contribution in [0.1, 0.15) is 16.7 Å². The lowest BCUT2D eigenvalue weighted by Gasteiger charge is -2.14. The first-order chi connectivity index (χ1) is 7.45. The molecule has 0 aliphatic carbocycles. The fourth-order valence-corrected chi connectivity index (χ4v) is 1.71. The lowest BCUT2D eigenvalue weighted by atomic mass is 9.98. The topological polar surface area (TPSA) is 72.5 Å². The minimum atomic E-state index is -0.998. The maximum atomic E-state index is 10.7. The standard InChI is InChI=1S/C12H17NO3/c1-7-4-8(2)9(11(5-7)16-3)6-10(13)12(14)15/h4-5,10H,6,13H2,1-3H3,(H,14,15). The molecular formula is C12H17NO3. The van der Waals surface area contributed by atoms with E-state index < -0.39 is 12.0 Å². The smallest absolute Gasteiger partial charge is 0.320 e. The zero-order chi connectivity index (χ0) is 12.3. The van der Waals surface area contributed by atoms with E-state index in [1.165, 1.54) is 0 Å². The van der Waals surface area contributed by atoms with Gasteiger partial charge >= 0.3 is 5.97 Å². The molecule has 16 heavy (non-hydrogen) atoms. The third-order valence-corrected chi connectivity index (χ3v) is 2.54. The average Bonchev–Trinajstić information content (AvgIpc) is 2.21. The molecule has 0 aromatic heterocycles. The quantitative estimate of drug-likeness (QED) is 0.806. The Bertz CT molecular complexity index is 401. The SMILES string of the molecule is COc1cc(C)cc(C)c1CC(N)C(=O)O. The Balaban J connectivity index is 3.07. The first kappa shape index (κ1) is 12.5. The first-order valence-corrected chi connectivity index (χ1v) is 5.08. The van der Waals surface area contributed by atoms with Gasteiger partial charge in [-0.15, -0.1) is 0 Å². The average molecular weight is 223 g/mol. The van der Waals surface area contributed by atoms with Gasteiger partial charge in [-0.25, -0.2) is 0 Å². The van der Waals surface area contributed by atoms with Crippen molar-refractivity contribution in [2.45, 2.75) is 26.3 Å². The minimum absolute atomic E-state index is 0.282. The predicted molar refractivity (Wildman–Crippen MR) is 61.8 cm³/mol. The lowest BCUT2D eigenvalue weighted by Crippen LogP contribution is -2.32. The van der Waals surface area contributed by atoms with Crippen LogP contribution in [0.2, 0.25) is 0 Å². The summed E-state index contributed by atoms with van der Waals surface area (Å²) in [5, 5.41) is 8.79. The highest BCUT2D eigenvalue weighted by Crippen LogP contribution is 2.25. The van der Waals surface area contributed by atoms with E-state index in [0.717, 1.165) is 16.7 Å². The van der Waals surface area contributed by atoms with Gasteiger partial charge in [-0.2, -0.15) is 0 Å². The van der Waals surface area contributed by atoms with Gasteiger partial charge in [-0.3, -0.25) is 4.79 Å². The van der Waals surface area contributed by atoms with E-state index in [2.05, 4.69) is 0 Å². The zero-order valence-electron chi connectivity index (χ0n) is 9.78. The molecule has 0 saturated heterocycles. The maximum absolute atomic E-state index is 10.7. The zero-order valence-corrected chi connectivity index (χ0v) is 9.78. The van der Waals surface area contributed by atoms with Gasteiger partial charge in [0.15, 0.2) is 0 Å². The fourth-order valence-electron chi connectivity index (χ4n) is 1.71. The van der Waals surface area contributed by atoms with E-state index in [-0.39, 0.29) is 6.42 Å². The number of carbonyl (C=O) groups is 1. The molecule has 0 amide bonds. The van der Waals surface area contributed by atoms with Crippen molar-refractivity contribution in [1.82, 2.24) is 0 Å². The van der Waals surface area contributed by atoms with Crippen LogP contribution >= 0.6 is 0 Å². The summed E-state index contributed by atoms with van der Waals surface area (Å²) >= 11 is 0. The Hall–Kier alpha value is -1.55. The molecular weight excluding hydrogens is 206 g/mol. The maximum Gasteiger partial charge on any atom is 0.320 e. The molecule has 0 fully saturated rings. The number of rotatable bonds is 4. The van der Waals surface area contributed by atoms with E-state index in [4.69, 9.17) is 15.6 Å². The van der Waals surface area contributed by atoms with Gasteiger partial charge < -0.3 is 15.6 Å². The molecule has 0 saturated carbocycles. The summed E-state index contributed by atoms with van der Waals surface area (Å²) in [6.07, 6.45) is 0.282. The monoisotopic (exact) mass is 223 g/mol. The third-order valence-electron chi connectivity index (χ3n) is 2.54. The highest BCUT2D eigenvalue weighted by molar-refractivity contribution is 5.73. The Morgan fingerprint density at radius 1 is 1.50 bits per heavy atom. The minimum Gasteiger partial charge on any atom is -0.496 e. The van der Waals surface area contributed by atoms with Crippen molar-refractivity contribution >= 4 is 5.97 Å². The molecule has 1 rings (SSSR count). The second-order valence-electron chi connectivity index (χ2n) is 3.91. The fraction of sp³-hybridized carbons (Fsp3) is 0.417. The van der Waals surface area contributed by atoms with E-state index in [9.17, 15) is 4.79 Å². The van der Waals surface area contributed by atoms with Gasteiger partial charge in [0.05, 0.1) is 7.11 Å². The summed E-state index contributed by atoms with van der Waals surface area (Å²) in [5.74, 6) is -0.295. The lowest BCUT2D eigenvalue weighted by molar-refractivity contribution is -0.138. The summed E-state index contributed by atoms with van der Waals surface area (Å²) in [4.78, 5) is 10.7. The molecule has 0 radical (unpaired) electrons. The van der Waals surface area contributed by atoms with E-state index >= 15 is 0 Å². The number of ether oxygens (including phenoxy) is 1. The number of aryl methyl sites for hydroxylation is 2. The molecule has 1 aromatic rings. The summed E-state index contributed by atoms with van der Waals surface area (Å²) in [5.41, 5.74) is 8.48. The van der Waals surface area contributed by atoms with Crippen LogP contribution < -0.4 is 10.5 Å². The van der Waals surface area contributed by atoms with Crippen LogP contribution in [0.5, 0.6) is 5.75 Å². The molecule has 0 spiro atoms. The van der Waals surface area contributed by atoms with E-state index in [0.29, 0.717) is 5.75 Å². The van der Waals surface area contributed by atoms with Crippen molar-refractivity contribution in [3.05, 3.63) is 28.8 Å². The van der Waals surface area contributed by atoms with Crippen LogP contribution in [0.4, 0.5) is 0 Å². The van der Waals surface area contributed by atoms with Crippen molar-refractivity contribution in [1.29, 1.82) is 0 Å². The van der Waals surface area contributed by atoms with Gasteiger partial charge in [0.25, 0.3) is 0 Å². The van der Waals surface area contributed by atoms with Crippen LogP contribution in [0, 0.1) is 13.8 Å². The van der Waals surface area contributed by atoms with Crippen LogP contribution in [0.3, 0.4) is 0 Å². The van der Waals surface area contributed by atoms with Gasteiger partial charge in [0, 0.05) is 6.42 Å². The Kier molecular flexibility index (Phi) is 3.90. The normalized spacial score (nSPS) is 12.2. The van der Waals surface area contributed by atoms with E-state index in [1.807, 2.05) is 26.0 Å². The highest BCUT2D eigenvalue weighted by atomic mass is 16.5. The molecule has 0 heterocycles. The van der Waals surface area contributed by atoms with E-state index in [1.54, 1.807) is 7.11 Å². The summed E-state index contributed by atoms with van der Waals surface area (Å²) in [6, 6.07) is 2.99. The van der Waals surface area contributed by atoms with Gasteiger partial charge in [-0.1, -0.05) is 6.07 Å². The van der Waals surface area contributed by atoms with Gasteiger partial charge in [-0.05, 0) is 36.6 Å². The van der Waals surface area contributed by atoms with Crippen LogP contribution in [0.15, 0.2) is 12.1 Å². The highest BCUT2D eigenvalue weighted by Gasteiger charge is 2.16. The molecule has 88 valence electrons. The van der Waals surface area contributed by atoms with Crippen LogP contribution in [-0.4, -0.2) is 24.2 Å². The number of hydrogen-bond donors (Lipinski definition) is 2. The van der Waals surface area contributed by atoms with Crippen LogP contribution in [0.25, 0.3) is 0 Å². The van der Waals surface area contributed by atoms with Crippen molar-refractivity contribution in [2.24, 2.45) is 5.73 Å². The summed E-state index contributed by atoms with van der Waals surface area (Å²) < 4.78 is 5.24. The number of benzene rings is 1. The number of nitrogens with two attached hydrogens (primary N) is 1. The van der Waals surface area contributed by atoms with Crippen molar-refractivity contribution in [2.75, 3.05) is 7.11 Å². The molecule has 0 bridgehead atoms. The number of hydrogen-bond acceptors (Lipinski definition) is 3. The Labute approximate surface area is 95.0 Å². The molecule has 1 atom stereocenters. The van der Waals surface area contributed by atoms with Crippen LogP contribution in [-0.2, 0) is 11.2 Å². The van der Waals surface area contributed by atoms with Crippen molar-refractivity contribution < 1.29 is 14.6 Å². The largest absolute Gasteiger partial charge is 0.496 e. The molecule has 4 heteroatoms. The van der Waals surface area contributed by atoms with Gasteiger partial charge in [0.2, 0.25) is 0 Å². The molecule has 0 aliphatic heterocycles. The molecule has 1 aromatic carbocycles. The van der Waals surface area contributed by atoms with Crippen molar-refractivity contribution in [3.8, 4) is 5.75 Å². The Morgan fingerprint density at radius 3 is 2.62 bits per heavy atom. The summed E-state index contributed by atoms with van der Waals surface area (Å²) in [7, 11) is 1.57.